The van der Waals surface area contributed by atoms with Crippen molar-refractivity contribution in [2.24, 2.45) is 11.7 Å². The number of carbonyl (C=O) groups is 1. The Labute approximate surface area is 156 Å². The Balaban J connectivity index is 1.87. The maximum atomic E-state index is 12.8. The first-order valence-corrected chi connectivity index (χ1v) is 9.43. The Morgan fingerprint density at radius 2 is 1.54 bits per heavy atom. The van der Waals surface area contributed by atoms with Crippen LogP contribution in [0.15, 0.2) is 60.7 Å². The Morgan fingerprint density at radius 3 is 1.96 bits per heavy atom. The highest BCUT2D eigenvalue weighted by Crippen LogP contribution is 2.35. The molecule has 4 heteroatoms. The largest absolute Gasteiger partial charge is 0.465 e. The van der Waals surface area contributed by atoms with Gasteiger partial charge in [-0.15, -0.1) is 0 Å². The van der Waals surface area contributed by atoms with Crippen molar-refractivity contribution in [2.75, 3.05) is 6.61 Å². The average Bonchev–Trinajstić information content (AvgIpc) is 3.49. The summed E-state index contributed by atoms with van der Waals surface area (Å²) in [7, 11) is 0. The van der Waals surface area contributed by atoms with E-state index < -0.39 is 6.04 Å². The molecule has 1 fully saturated rings. The quantitative estimate of drug-likeness (QED) is 0.703. The van der Waals surface area contributed by atoms with E-state index in [2.05, 4.69) is 29.2 Å². The molecule has 2 aromatic carbocycles. The van der Waals surface area contributed by atoms with E-state index >= 15 is 0 Å². The topological polar surface area (TPSA) is 55.6 Å². The highest BCUT2D eigenvalue weighted by Gasteiger charge is 2.41. The molecule has 0 radical (unpaired) electrons. The zero-order valence-corrected chi connectivity index (χ0v) is 15.4. The first kappa shape index (κ1) is 18.6. The Kier molecular flexibility index (Phi) is 6.42. The van der Waals surface area contributed by atoms with Crippen LogP contribution in [0.1, 0.15) is 30.9 Å². The molecule has 26 heavy (non-hydrogen) atoms. The predicted molar refractivity (Wildman–Crippen MR) is 103 cm³/mol. The first-order chi connectivity index (χ1) is 12.7. The highest BCUT2D eigenvalue weighted by atomic mass is 16.5. The number of hydrogen-bond acceptors (Lipinski definition) is 4. The van der Waals surface area contributed by atoms with Crippen molar-refractivity contribution in [3.63, 3.8) is 0 Å². The molecule has 0 unspecified atom stereocenters. The molecule has 0 spiro atoms. The van der Waals surface area contributed by atoms with Gasteiger partial charge in [0.05, 0.1) is 6.61 Å². The molecule has 0 heterocycles. The Hall–Kier alpha value is -2.17. The van der Waals surface area contributed by atoms with Crippen molar-refractivity contribution in [3.05, 3.63) is 71.8 Å². The van der Waals surface area contributed by atoms with E-state index in [9.17, 15) is 4.79 Å². The van der Waals surface area contributed by atoms with Crippen LogP contribution in [-0.2, 0) is 22.6 Å². The molecule has 1 aliphatic carbocycles. The van der Waals surface area contributed by atoms with Crippen LogP contribution in [0.3, 0.4) is 0 Å². The molecule has 2 aromatic rings. The fourth-order valence-electron chi connectivity index (χ4n) is 3.40. The summed E-state index contributed by atoms with van der Waals surface area (Å²) < 4.78 is 5.40. The van der Waals surface area contributed by atoms with E-state index in [0.717, 1.165) is 12.8 Å². The molecule has 3 rings (SSSR count). The van der Waals surface area contributed by atoms with Gasteiger partial charge < -0.3 is 10.5 Å². The molecule has 0 aromatic heterocycles. The number of ether oxygens (including phenoxy) is 1. The van der Waals surface area contributed by atoms with Gasteiger partial charge in [0.2, 0.25) is 0 Å². The minimum absolute atomic E-state index is 0.193. The molecular formula is C22H28N2O2. The lowest BCUT2D eigenvalue weighted by Crippen LogP contribution is -2.53. The third-order valence-corrected chi connectivity index (χ3v) is 4.91. The molecule has 4 nitrogen and oxygen atoms in total. The predicted octanol–water partition coefficient (Wildman–Crippen LogP) is 3.36. The molecule has 0 bridgehead atoms. The second-order valence-corrected chi connectivity index (χ2v) is 6.99. The van der Waals surface area contributed by atoms with Crippen molar-refractivity contribution in [2.45, 2.75) is 44.9 Å². The van der Waals surface area contributed by atoms with Gasteiger partial charge in [-0.1, -0.05) is 60.7 Å². The smallest absolute Gasteiger partial charge is 0.325 e. The zero-order chi connectivity index (χ0) is 18.4. The SMILES string of the molecule is CCOC(=O)[C@H]([C@H](N)C1CC1)N(Cc1ccccc1)Cc1ccccc1. The maximum absolute atomic E-state index is 12.8. The zero-order valence-electron chi connectivity index (χ0n) is 15.4. The van der Waals surface area contributed by atoms with Crippen LogP contribution >= 0.6 is 0 Å². The van der Waals surface area contributed by atoms with Gasteiger partial charge >= 0.3 is 5.97 Å². The lowest BCUT2D eigenvalue weighted by molar-refractivity contribution is -0.151. The number of hydrogen-bond donors (Lipinski definition) is 1. The monoisotopic (exact) mass is 352 g/mol. The summed E-state index contributed by atoms with van der Waals surface area (Å²) in [5.74, 6) is 0.206. The minimum atomic E-state index is -0.428. The molecule has 138 valence electrons. The fourth-order valence-corrected chi connectivity index (χ4v) is 3.40. The molecule has 2 N–H and O–H groups in total. The molecule has 0 amide bonds. The lowest BCUT2D eigenvalue weighted by atomic mass is 10.0. The first-order valence-electron chi connectivity index (χ1n) is 9.43. The van der Waals surface area contributed by atoms with Crippen LogP contribution < -0.4 is 5.73 Å². The second-order valence-electron chi connectivity index (χ2n) is 6.99. The summed E-state index contributed by atoms with van der Waals surface area (Å²) >= 11 is 0. The van der Waals surface area contributed by atoms with Gasteiger partial charge in [-0.3, -0.25) is 9.69 Å². The van der Waals surface area contributed by atoms with Gasteiger partial charge in [0.15, 0.2) is 0 Å². The number of rotatable bonds is 9. The summed E-state index contributed by atoms with van der Waals surface area (Å²) in [6.07, 6.45) is 2.20. The summed E-state index contributed by atoms with van der Waals surface area (Å²) in [5.41, 5.74) is 8.85. The van der Waals surface area contributed by atoms with Crippen LogP contribution in [0, 0.1) is 5.92 Å². The van der Waals surface area contributed by atoms with Gasteiger partial charge in [-0.25, -0.2) is 0 Å². The van der Waals surface area contributed by atoms with Crippen molar-refractivity contribution in [1.29, 1.82) is 0 Å². The van der Waals surface area contributed by atoms with Crippen molar-refractivity contribution in [3.8, 4) is 0 Å². The maximum Gasteiger partial charge on any atom is 0.325 e. The van der Waals surface area contributed by atoms with Crippen LogP contribution in [0.2, 0.25) is 0 Å². The molecule has 2 atom stereocenters. The fraction of sp³-hybridized carbons (Fsp3) is 0.409. The third kappa shape index (κ3) is 4.93. The number of nitrogens with zero attached hydrogens (tertiary/aromatic N) is 1. The van der Waals surface area contributed by atoms with Crippen LogP contribution in [-0.4, -0.2) is 29.6 Å². The van der Waals surface area contributed by atoms with Gasteiger partial charge in [-0.2, -0.15) is 0 Å². The normalized spacial score (nSPS) is 16.3. The molecule has 1 aliphatic rings. The molecule has 0 saturated heterocycles. The summed E-state index contributed by atoms with van der Waals surface area (Å²) in [5, 5.41) is 0. The van der Waals surface area contributed by atoms with E-state index in [1.807, 2.05) is 43.3 Å². The number of nitrogens with two attached hydrogens (primary N) is 1. The van der Waals surface area contributed by atoms with E-state index in [1.165, 1.54) is 11.1 Å². The van der Waals surface area contributed by atoms with Gasteiger partial charge in [0.1, 0.15) is 6.04 Å². The van der Waals surface area contributed by atoms with E-state index in [0.29, 0.717) is 25.6 Å². The highest BCUT2D eigenvalue weighted by molar-refractivity contribution is 5.77. The average molecular weight is 352 g/mol. The number of carbonyl (C=O) groups excluding carboxylic acids is 1. The summed E-state index contributed by atoms with van der Waals surface area (Å²) in [4.78, 5) is 15.0. The summed E-state index contributed by atoms with van der Waals surface area (Å²) in [6.45, 7) is 3.55. The van der Waals surface area contributed by atoms with Crippen molar-refractivity contribution in [1.82, 2.24) is 4.90 Å². The van der Waals surface area contributed by atoms with E-state index in [-0.39, 0.29) is 12.0 Å². The third-order valence-electron chi connectivity index (χ3n) is 4.91. The standard InChI is InChI=1S/C22H28N2O2/c1-2-26-22(25)21(20(23)19-13-14-19)24(15-17-9-5-3-6-10-17)16-18-11-7-4-8-12-18/h3-12,19-21H,2,13-16,23H2,1H3/t20-,21+/m1/s1. The van der Waals surface area contributed by atoms with Crippen LogP contribution in [0.5, 0.6) is 0 Å². The van der Waals surface area contributed by atoms with E-state index in [1.54, 1.807) is 0 Å². The minimum Gasteiger partial charge on any atom is -0.465 e. The van der Waals surface area contributed by atoms with Gasteiger partial charge in [0, 0.05) is 19.1 Å². The molecule has 1 saturated carbocycles. The summed E-state index contributed by atoms with van der Waals surface area (Å²) in [6, 6.07) is 19.8. The Bertz CT molecular complexity index is 644. The van der Waals surface area contributed by atoms with Crippen LogP contribution in [0.25, 0.3) is 0 Å². The number of benzene rings is 2. The van der Waals surface area contributed by atoms with E-state index in [4.69, 9.17) is 10.5 Å². The van der Waals surface area contributed by atoms with Crippen molar-refractivity contribution >= 4 is 5.97 Å². The van der Waals surface area contributed by atoms with Gasteiger partial charge in [-0.05, 0) is 36.8 Å². The Morgan fingerprint density at radius 1 is 1.04 bits per heavy atom. The van der Waals surface area contributed by atoms with Crippen molar-refractivity contribution < 1.29 is 9.53 Å². The molecule has 0 aliphatic heterocycles. The van der Waals surface area contributed by atoms with Crippen LogP contribution in [0.4, 0.5) is 0 Å². The molecular weight excluding hydrogens is 324 g/mol. The number of esters is 1. The lowest BCUT2D eigenvalue weighted by Gasteiger charge is -2.34. The van der Waals surface area contributed by atoms with Gasteiger partial charge in [0.25, 0.3) is 0 Å². The second kappa shape index (κ2) is 8.97.